The number of anilines is 3. The summed E-state index contributed by atoms with van der Waals surface area (Å²) in [6.07, 6.45) is 0. The first-order chi connectivity index (χ1) is 15.2. The van der Waals surface area contributed by atoms with Gasteiger partial charge in [0.2, 0.25) is 0 Å². The predicted molar refractivity (Wildman–Crippen MR) is 130 cm³/mol. The summed E-state index contributed by atoms with van der Waals surface area (Å²) in [5.74, 6) is 0. The average molecular weight is 404 g/mol. The predicted octanol–water partition coefficient (Wildman–Crippen LogP) is 5.84. The van der Waals surface area contributed by atoms with Crippen LogP contribution in [-0.4, -0.2) is 7.05 Å². The summed E-state index contributed by atoms with van der Waals surface area (Å²) in [4.78, 5) is 2.14. The van der Waals surface area contributed by atoms with Crippen LogP contribution in [-0.2, 0) is 0 Å². The van der Waals surface area contributed by atoms with Gasteiger partial charge in [0.05, 0.1) is 5.39 Å². The maximum absolute atomic E-state index is 6.55. The second-order valence-corrected chi connectivity index (χ2v) is 7.51. The number of fused-ring (bicyclic) bond motifs is 3. The third-order valence-corrected chi connectivity index (χ3v) is 5.65. The van der Waals surface area contributed by atoms with Gasteiger partial charge in [0.1, 0.15) is 11.4 Å². The van der Waals surface area contributed by atoms with Crippen molar-refractivity contribution in [1.29, 1.82) is 0 Å². The number of nitrogens with two attached hydrogens (primary N) is 1. The molecule has 0 aliphatic carbocycles. The fraction of sp³-hybridized carbons (Fsp3) is 0.0370. The van der Waals surface area contributed by atoms with Crippen molar-refractivity contribution < 1.29 is 5.11 Å². The highest BCUT2D eigenvalue weighted by Crippen LogP contribution is 2.35. The Bertz CT molecular complexity index is 1390. The first-order valence-electron chi connectivity index (χ1n) is 10.3. The molecule has 3 N–H and O–H groups in total. The first kappa shape index (κ1) is 18.8. The van der Waals surface area contributed by atoms with Crippen molar-refractivity contribution >= 4 is 50.0 Å². The number of nitrogens with one attached hydrogen (secondary N) is 1. The van der Waals surface area contributed by atoms with Gasteiger partial charge in [-0.2, -0.15) is 0 Å². The van der Waals surface area contributed by atoms with Crippen LogP contribution in [0.15, 0.2) is 108 Å². The van der Waals surface area contributed by atoms with E-state index in [1.54, 1.807) is 0 Å². The molecule has 0 aromatic heterocycles. The maximum Gasteiger partial charge on any atom is 0.260 e. The molecule has 0 aliphatic rings. The molecule has 0 unspecified atom stereocenters. The molecule has 0 aliphatic heterocycles. The van der Waals surface area contributed by atoms with E-state index in [-0.39, 0.29) is 0 Å². The number of rotatable bonds is 4. The third kappa shape index (κ3) is 3.49. The van der Waals surface area contributed by atoms with E-state index in [0.29, 0.717) is 5.69 Å². The molecule has 0 saturated carbocycles. The van der Waals surface area contributed by atoms with Gasteiger partial charge in [0, 0.05) is 23.8 Å². The summed E-state index contributed by atoms with van der Waals surface area (Å²) in [5.41, 5.74) is 11.2. The molecule has 5 aromatic rings. The van der Waals surface area contributed by atoms with Crippen molar-refractivity contribution in [3.63, 3.8) is 0 Å². The summed E-state index contributed by atoms with van der Waals surface area (Å²) >= 11 is 0. The van der Waals surface area contributed by atoms with Crippen molar-refractivity contribution in [2.75, 3.05) is 17.7 Å². The number of hydrogen-bond acceptors (Lipinski definition) is 3. The monoisotopic (exact) mass is 403 g/mol. The van der Waals surface area contributed by atoms with E-state index < -0.39 is 0 Å². The molecule has 0 bridgehead atoms. The molecule has 0 saturated heterocycles. The van der Waals surface area contributed by atoms with Crippen molar-refractivity contribution in [3.8, 4) is 0 Å². The number of para-hydroxylation sites is 1. The normalized spacial score (nSPS) is 11.4. The van der Waals surface area contributed by atoms with Gasteiger partial charge < -0.3 is 10.6 Å². The van der Waals surface area contributed by atoms with Crippen LogP contribution in [0, 0.1) is 0 Å². The maximum atomic E-state index is 6.55. The second kappa shape index (κ2) is 7.92. The minimum absolute atomic E-state index is 0.707. The lowest BCUT2D eigenvalue weighted by molar-refractivity contribution is -0.430. The van der Waals surface area contributed by atoms with Gasteiger partial charge in [0.25, 0.3) is 5.69 Å². The molecule has 0 radical (unpaired) electrons. The van der Waals surface area contributed by atoms with Gasteiger partial charge in [-0.05, 0) is 58.4 Å². The Hall–Kier alpha value is -4.18. The summed E-state index contributed by atoms with van der Waals surface area (Å²) in [6.45, 7) is 0. The Morgan fingerprint density at radius 1 is 0.613 bits per heavy atom. The SMILES string of the molecule is CN(c1ccccc1)c1ccc(N=[NH+]c2c(N)c3ccccc3c3ccccc23)cc1. The fourth-order valence-electron chi connectivity index (χ4n) is 3.96. The lowest BCUT2D eigenvalue weighted by Crippen LogP contribution is -2.57. The summed E-state index contributed by atoms with van der Waals surface area (Å²) in [7, 11) is 2.06. The molecule has 0 atom stereocenters. The number of nitrogen functional groups attached to an aromatic ring is 1. The van der Waals surface area contributed by atoms with Crippen molar-refractivity contribution in [3.05, 3.63) is 103 Å². The highest BCUT2D eigenvalue weighted by atomic mass is 15.1. The molecule has 0 spiro atoms. The Morgan fingerprint density at radius 2 is 1.13 bits per heavy atom. The Morgan fingerprint density at radius 3 is 1.81 bits per heavy atom. The van der Waals surface area contributed by atoms with E-state index in [0.717, 1.165) is 44.3 Å². The molecule has 5 aromatic carbocycles. The molecule has 4 heteroatoms. The Kier molecular flexibility index (Phi) is 4.81. The Labute approximate surface area is 181 Å². The van der Waals surface area contributed by atoms with Crippen LogP contribution in [0.3, 0.4) is 0 Å². The zero-order valence-electron chi connectivity index (χ0n) is 17.3. The summed E-state index contributed by atoms with van der Waals surface area (Å²) in [5, 5.41) is 12.2. The van der Waals surface area contributed by atoms with Crippen LogP contribution in [0.5, 0.6) is 0 Å². The molecule has 5 rings (SSSR count). The smallest absolute Gasteiger partial charge is 0.260 e. The number of azo groups is 1. The number of nitrogens with zero attached hydrogens (tertiary/aromatic N) is 2. The van der Waals surface area contributed by atoms with Crippen LogP contribution >= 0.6 is 0 Å². The molecule has 0 amide bonds. The van der Waals surface area contributed by atoms with E-state index in [9.17, 15) is 0 Å². The van der Waals surface area contributed by atoms with E-state index >= 15 is 0 Å². The fourth-order valence-corrected chi connectivity index (χ4v) is 3.96. The Balaban J connectivity index is 1.51. The topological polar surface area (TPSA) is 55.6 Å². The van der Waals surface area contributed by atoms with Gasteiger partial charge in [-0.3, -0.25) is 0 Å². The largest absolute Gasteiger partial charge is 0.393 e. The van der Waals surface area contributed by atoms with E-state index in [1.807, 2.05) is 54.6 Å². The van der Waals surface area contributed by atoms with Gasteiger partial charge in [-0.1, -0.05) is 65.8 Å². The molecule has 150 valence electrons. The molecule has 4 nitrogen and oxygen atoms in total. The zero-order valence-corrected chi connectivity index (χ0v) is 17.3. The highest BCUT2D eigenvalue weighted by Gasteiger charge is 2.16. The van der Waals surface area contributed by atoms with Crippen LogP contribution in [0.4, 0.5) is 28.4 Å². The molecule has 0 fully saturated rings. The molecule has 0 heterocycles. The lowest BCUT2D eigenvalue weighted by atomic mass is 9.99. The average Bonchev–Trinajstić information content (AvgIpc) is 2.84. The summed E-state index contributed by atoms with van der Waals surface area (Å²) in [6, 6.07) is 34.9. The standard InChI is InChI=1S/C27H22N4/c1-31(20-9-3-2-4-10-20)21-17-15-19(16-18-21)29-30-27-25-14-8-6-12-23(25)22-11-5-7-13-24(22)26(27)28/h2-18H,28H2,1H3/p+1. The lowest BCUT2D eigenvalue weighted by Gasteiger charge is -2.19. The van der Waals surface area contributed by atoms with E-state index in [2.05, 4.69) is 70.7 Å². The first-order valence-corrected chi connectivity index (χ1v) is 10.3. The quantitative estimate of drug-likeness (QED) is 0.225. The van der Waals surface area contributed by atoms with E-state index in [4.69, 9.17) is 5.73 Å². The van der Waals surface area contributed by atoms with E-state index in [1.165, 1.54) is 0 Å². The van der Waals surface area contributed by atoms with Crippen LogP contribution < -0.4 is 15.7 Å². The van der Waals surface area contributed by atoms with Gasteiger partial charge in [0.15, 0.2) is 0 Å². The van der Waals surface area contributed by atoms with Crippen LogP contribution in [0.2, 0.25) is 0 Å². The number of benzene rings is 5. The number of hydrogen-bond donors (Lipinski definition) is 2. The molecular weight excluding hydrogens is 380 g/mol. The highest BCUT2D eigenvalue weighted by molar-refractivity contribution is 6.17. The van der Waals surface area contributed by atoms with Gasteiger partial charge >= 0.3 is 0 Å². The van der Waals surface area contributed by atoms with Crippen molar-refractivity contribution in [2.24, 2.45) is 5.11 Å². The van der Waals surface area contributed by atoms with Gasteiger partial charge in [-0.25, -0.2) is 0 Å². The summed E-state index contributed by atoms with van der Waals surface area (Å²) < 4.78 is 0. The minimum Gasteiger partial charge on any atom is -0.393 e. The van der Waals surface area contributed by atoms with Crippen LogP contribution in [0.1, 0.15) is 0 Å². The van der Waals surface area contributed by atoms with Crippen LogP contribution in [0.25, 0.3) is 21.5 Å². The minimum atomic E-state index is 0.707. The van der Waals surface area contributed by atoms with Crippen molar-refractivity contribution in [1.82, 2.24) is 0 Å². The van der Waals surface area contributed by atoms with Crippen molar-refractivity contribution in [2.45, 2.75) is 0 Å². The second-order valence-electron chi connectivity index (χ2n) is 7.51. The molecular formula is C27H23N4+. The molecule has 31 heavy (non-hydrogen) atoms. The van der Waals surface area contributed by atoms with Gasteiger partial charge in [-0.15, -0.1) is 0 Å². The zero-order chi connectivity index (χ0) is 21.2. The third-order valence-electron chi connectivity index (χ3n) is 5.65.